The van der Waals surface area contributed by atoms with Crippen LogP contribution in [0.3, 0.4) is 0 Å². The molecule has 0 saturated carbocycles. The number of halogens is 2. The predicted molar refractivity (Wildman–Crippen MR) is 76.0 cm³/mol. The molecule has 0 aromatic heterocycles. The van der Waals surface area contributed by atoms with Gasteiger partial charge in [0, 0.05) is 16.7 Å². The molecule has 0 bridgehead atoms. The van der Waals surface area contributed by atoms with E-state index in [1.165, 1.54) is 36.0 Å². The van der Waals surface area contributed by atoms with E-state index in [9.17, 15) is 13.6 Å². The van der Waals surface area contributed by atoms with Gasteiger partial charge >= 0.3 is 5.97 Å². The summed E-state index contributed by atoms with van der Waals surface area (Å²) in [5, 5.41) is 8.71. The van der Waals surface area contributed by atoms with Crippen LogP contribution in [0.5, 0.6) is 5.75 Å². The molecule has 110 valence electrons. The van der Waals surface area contributed by atoms with Crippen LogP contribution in [0.2, 0.25) is 0 Å². The van der Waals surface area contributed by atoms with Gasteiger partial charge in [0.15, 0.2) is 0 Å². The summed E-state index contributed by atoms with van der Waals surface area (Å²) in [6, 6.07) is 9.72. The number of carboxylic acids is 1. The molecule has 0 saturated heterocycles. The molecule has 0 aliphatic heterocycles. The number of carbonyl (C=O) groups is 1. The second kappa shape index (κ2) is 7.08. The van der Waals surface area contributed by atoms with Crippen molar-refractivity contribution < 1.29 is 23.4 Å². The molecule has 6 heteroatoms. The Morgan fingerprint density at radius 1 is 1.14 bits per heavy atom. The summed E-state index contributed by atoms with van der Waals surface area (Å²) < 4.78 is 31.5. The molecule has 0 atom stereocenters. The van der Waals surface area contributed by atoms with E-state index in [-0.39, 0.29) is 17.1 Å². The van der Waals surface area contributed by atoms with Crippen LogP contribution in [0.15, 0.2) is 47.4 Å². The maximum atomic E-state index is 13.4. The van der Waals surface area contributed by atoms with Crippen LogP contribution in [0, 0.1) is 11.6 Å². The Morgan fingerprint density at radius 3 is 2.48 bits per heavy atom. The fourth-order valence-corrected chi connectivity index (χ4v) is 2.34. The van der Waals surface area contributed by atoms with Crippen molar-refractivity contribution >= 4 is 17.7 Å². The molecule has 0 heterocycles. The van der Waals surface area contributed by atoms with Crippen LogP contribution in [0.25, 0.3) is 0 Å². The Labute approximate surface area is 124 Å². The zero-order valence-electron chi connectivity index (χ0n) is 10.9. The highest BCUT2D eigenvalue weighted by Crippen LogP contribution is 2.20. The first kappa shape index (κ1) is 15.3. The highest BCUT2D eigenvalue weighted by molar-refractivity contribution is 7.99. The van der Waals surface area contributed by atoms with Crippen molar-refractivity contribution in [2.45, 2.75) is 4.90 Å². The molecular weight excluding hydrogens is 298 g/mol. The average molecular weight is 310 g/mol. The van der Waals surface area contributed by atoms with Gasteiger partial charge < -0.3 is 9.84 Å². The summed E-state index contributed by atoms with van der Waals surface area (Å²) in [7, 11) is 0. The third-order valence-electron chi connectivity index (χ3n) is 2.61. The van der Waals surface area contributed by atoms with Gasteiger partial charge in [0.1, 0.15) is 17.4 Å². The quantitative estimate of drug-likeness (QED) is 0.650. The molecule has 2 aromatic rings. The fraction of sp³-hybridized carbons (Fsp3) is 0.133. The van der Waals surface area contributed by atoms with Crippen LogP contribution in [0.1, 0.15) is 10.4 Å². The van der Waals surface area contributed by atoms with Crippen molar-refractivity contribution in [3.8, 4) is 5.75 Å². The van der Waals surface area contributed by atoms with E-state index < -0.39 is 11.8 Å². The SMILES string of the molecule is O=C(O)c1ccc(OCCSc2ccc(F)cc2)cc1F. The lowest BCUT2D eigenvalue weighted by molar-refractivity contribution is 0.0692. The van der Waals surface area contributed by atoms with Crippen molar-refractivity contribution in [1.82, 2.24) is 0 Å². The molecule has 21 heavy (non-hydrogen) atoms. The van der Waals surface area contributed by atoms with Gasteiger partial charge in [-0.15, -0.1) is 11.8 Å². The fourth-order valence-electron chi connectivity index (χ4n) is 1.61. The topological polar surface area (TPSA) is 46.5 Å². The van der Waals surface area contributed by atoms with E-state index in [4.69, 9.17) is 9.84 Å². The van der Waals surface area contributed by atoms with Gasteiger partial charge in [-0.1, -0.05) is 0 Å². The van der Waals surface area contributed by atoms with Crippen molar-refractivity contribution in [2.75, 3.05) is 12.4 Å². The molecule has 0 spiro atoms. The minimum Gasteiger partial charge on any atom is -0.493 e. The highest BCUT2D eigenvalue weighted by atomic mass is 32.2. The highest BCUT2D eigenvalue weighted by Gasteiger charge is 2.10. The lowest BCUT2D eigenvalue weighted by atomic mass is 10.2. The van der Waals surface area contributed by atoms with Gasteiger partial charge in [0.05, 0.1) is 12.2 Å². The largest absolute Gasteiger partial charge is 0.493 e. The molecule has 0 aliphatic rings. The van der Waals surface area contributed by atoms with E-state index in [2.05, 4.69) is 0 Å². The predicted octanol–water partition coefficient (Wildman–Crippen LogP) is 3.83. The second-order valence-electron chi connectivity index (χ2n) is 4.10. The monoisotopic (exact) mass is 310 g/mol. The minimum atomic E-state index is -1.31. The molecular formula is C15H12F2O3S. The zero-order chi connectivity index (χ0) is 15.2. The molecule has 3 nitrogen and oxygen atoms in total. The van der Waals surface area contributed by atoms with Crippen molar-refractivity contribution in [3.05, 3.63) is 59.7 Å². The zero-order valence-corrected chi connectivity index (χ0v) is 11.7. The third kappa shape index (κ3) is 4.46. The summed E-state index contributed by atoms with van der Waals surface area (Å²) in [6.07, 6.45) is 0. The van der Waals surface area contributed by atoms with Crippen LogP contribution in [-0.4, -0.2) is 23.4 Å². The molecule has 2 aromatic carbocycles. The maximum Gasteiger partial charge on any atom is 0.338 e. The number of rotatable bonds is 6. The van der Waals surface area contributed by atoms with E-state index in [0.717, 1.165) is 11.0 Å². The number of benzene rings is 2. The number of hydrogen-bond donors (Lipinski definition) is 1. The summed E-state index contributed by atoms with van der Waals surface area (Å²) in [6.45, 7) is 0.327. The normalized spacial score (nSPS) is 10.4. The average Bonchev–Trinajstić information content (AvgIpc) is 2.45. The van der Waals surface area contributed by atoms with E-state index in [0.29, 0.717) is 12.4 Å². The van der Waals surface area contributed by atoms with Crippen molar-refractivity contribution in [1.29, 1.82) is 0 Å². The molecule has 0 radical (unpaired) electrons. The molecule has 0 fully saturated rings. The molecule has 0 aliphatic carbocycles. The Balaban J connectivity index is 1.82. The number of aromatic carboxylic acids is 1. The first-order valence-corrected chi connectivity index (χ1v) is 7.09. The van der Waals surface area contributed by atoms with E-state index >= 15 is 0 Å². The number of hydrogen-bond acceptors (Lipinski definition) is 3. The Morgan fingerprint density at radius 2 is 1.86 bits per heavy atom. The van der Waals surface area contributed by atoms with Crippen LogP contribution in [0.4, 0.5) is 8.78 Å². The Bertz CT molecular complexity index is 629. The Hall–Kier alpha value is -2.08. The number of thioether (sulfide) groups is 1. The van der Waals surface area contributed by atoms with Crippen LogP contribution < -0.4 is 4.74 Å². The molecule has 0 unspecified atom stereocenters. The van der Waals surface area contributed by atoms with Gasteiger partial charge in [0.25, 0.3) is 0 Å². The Kier molecular flexibility index (Phi) is 5.16. The van der Waals surface area contributed by atoms with Crippen molar-refractivity contribution in [2.24, 2.45) is 0 Å². The van der Waals surface area contributed by atoms with Gasteiger partial charge in [-0.05, 0) is 36.4 Å². The lowest BCUT2D eigenvalue weighted by Gasteiger charge is -2.07. The maximum absolute atomic E-state index is 13.4. The lowest BCUT2D eigenvalue weighted by Crippen LogP contribution is -2.03. The van der Waals surface area contributed by atoms with Gasteiger partial charge in [-0.2, -0.15) is 0 Å². The minimum absolute atomic E-state index is 0.275. The van der Waals surface area contributed by atoms with E-state index in [1.807, 2.05) is 0 Å². The second-order valence-corrected chi connectivity index (χ2v) is 5.27. The van der Waals surface area contributed by atoms with Gasteiger partial charge in [0.2, 0.25) is 0 Å². The van der Waals surface area contributed by atoms with Gasteiger partial charge in [-0.3, -0.25) is 0 Å². The first-order chi connectivity index (χ1) is 10.1. The van der Waals surface area contributed by atoms with Gasteiger partial charge in [-0.25, -0.2) is 13.6 Å². The summed E-state index contributed by atoms with van der Waals surface area (Å²) in [5.41, 5.74) is -0.386. The number of ether oxygens (including phenoxy) is 1. The third-order valence-corrected chi connectivity index (χ3v) is 3.58. The number of carboxylic acid groups (broad SMARTS) is 1. The standard InChI is InChI=1S/C15H12F2O3S/c16-10-1-4-12(5-2-10)21-8-7-20-11-3-6-13(15(18)19)14(17)9-11/h1-6,9H,7-8H2,(H,18,19). The molecule has 1 N–H and O–H groups in total. The summed E-state index contributed by atoms with van der Waals surface area (Å²) >= 11 is 1.48. The van der Waals surface area contributed by atoms with Crippen LogP contribution in [-0.2, 0) is 0 Å². The summed E-state index contributed by atoms with van der Waals surface area (Å²) in [4.78, 5) is 11.6. The molecule has 2 rings (SSSR count). The van der Waals surface area contributed by atoms with E-state index in [1.54, 1.807) is 12.1 Å². The smallest absolute Gasteiger partial charge is 0.338 e. The van der Waals surface area contributed by atoms with Crippen molar-refractivity contribution in [3.63, 3.8) is 0 Å². The van der Waals surface area contributed by atoms with Crippen LogP contribution >= 0.6 is 11.8 Å². The molecule has 0 amide bonds. The summed E-state index contributed by atoms with van der Waals surface area (Å²) in [5.74, 6) is -1.55. The first-order valence-electron chi connectivity index (χ1n) is 6.10.